The van der Waals surface area contributed by atoms with Gasteiger partial charge >= 0.3 is 0 Å². The fourth-order valence-corrected chi connectivity index (χ4v) is 2.49. The van der Waals surface area contributed by atoms with Gasteiger partial charge in [0.05, 0.1) is 26.4 Å². The summed E-state index contributed by atoms with van der Waals surface area (Å²) in [4.78, 5) is 0. The summed E-state index contributed by atoms with van der Waals surface area (Å²) in [6, 6.07) is 3.14. The third-order valence-corrected chi connectivity index (χ3v) is 4.14. The van der Waals surface area contributed by atoms with Gasteiger partial charge in [-0.05, 0) is 23.6 Å². The summed E-state index contributed by atoms with van der Waals surface area (Å²) in [5, 5.41) is 10.2. The number of halogens is 1. The van der Waals surface area contributed by atoms with E-state index >= 15 is 0 Å². The maximum Gasteiger partial charge on any atom is 0.161 e. The van der Waals surface area contributed by atoms with E-state index in [-0.39, 0.29) is 5.92 Å². The molecule has 3 N–H and O–H groups in total. The van der Waals surface area contributed by atoms with Crippen LogP contribution in [0.25, 0.3) is 0 Å². The van der Waals surface area contributed by atoms with E-state index in [9.17, 15) is 5.11 Å². The van der Waals surface area contributed by atoms with Crippen molar-refractivity contribution in [2.75, 3.05) is 14.2 Å². The molecule has 0 aliphatic heterocycles. The Morgan fingerprint density at radius 3 is 2.26 bits per heavy atom. The van der Waals surface area contributed by atoms with E-state index in [1.54, 1.807) is 26.4 Å². The van der Waals surface area contributed by atoms with Crippen LogP contribution in [0.2, 0.25) is 0 Å². The second kappa shape index (κ2) is 7.12. The highest BCUT2D eigenvalue weighted by atomic mass is 79.9. The van der Waals surface area contributed by atoms with Gasteiger partial charge in [0.25, 0.3) is 0 Å². The van der Waals surface area contributed by atoms with Crippen LogP contribution in [-0.2, 0) is 0 Å². The molecule has 0 amide bonds. The molecular formula is C14H22BrNO3. The van der Waals surface area contributed by atoms with E-state index in [1.165, 1.54) is 0 Å². The first-order chi connectivity index (χ1) is 8.96. The number of hydrogen-bond acceptors (Lipinski definition) is 4. The Kier molecular flexibility index (Phi) is 6.10. The van der Waals surface area contributed by atoms with Gasteiger partial charge in [-0.2, -0.15) is 0 Å². The number of nitrogens with two attached hydrogens (primary N) is 1. The molecule has 0 saturated heterocycles. The van der Waals surface area contributed by atoms with Crippen LogP contribution in [0.4, 0.5) is 0 Å². The van der Waals surface area contributed by atoms with Crippen molar-refractivity contribution in [1.29, 1.82) is 0 Å². The van der Waals surface area contributed by atoms with E-state index in [0.717, 1.165) is 16.5 Å². The van der Waals surface area contributed by atoms with Crippen molar-refractivity contribution in [2.45, 2.75) is 32.4 Å². The smallest absolute Gasteiger partial charge is 0.161 e. The van der Waals surface area contributed by atoms with Gasteiger partial charge in [0.1, 0.15) is 0 Å². The summed E-state index contributed by atoms with van der Waals surface area (Å²) < 4.78 is 11.3. The summed E-state index contributed by atoms with van der Waals surface area (Å²) in [6.07, 6.45) is 0.277. The molecule has 0 aromatic heterocycles. The Labute approximate surface area is 123 Å². The van der Waals surface area contributed by atoms with E-state index in [1.807, 2.05) is 13.8 Å². The molecule has 0 aliphatic carbocycles. The maximum absolute atomic E-state index is 10.2. The van der Waals surface area contributed by atoms with Crippen molar-refractivity contribution in [3.63, 3.8) is 0 Å². The summed E-state index contributed by atoms with van der Waals surface area (Å²) >= 11 is 3.46. The van der Waals surface area contributed by atoms with E-state index in [0.29, 0.717) is 11.5 Å². The van der Waals surface area contributed by atoms with Crippen LogP contribution in [0.5, 0.6) is 11.5 Å². The van der Waals surface area contributed by atoms with Gasteiger partial charge in [-0.1, -0.05) is 36.2 Å². The van der Waals surface area contributed by atoms with Gasteiger partial charge in [0, 0.05) is 4.47 Å². The highest BCUT2D eigenvalue weighted by Gasteiger charge is 2.25. The number of hydrogen-bond donors (Lipinski definition) is 2. The number of benzene rings is 1. The van der Waals surface area contributed by atoms with Gasteiger partial charge in [-0.3, -0.25) is 0 Å². The molecule has 1 aromatic carbocycles. The molecule has 1 aromatic rings. The second-order valence-corrected chi connectivity index (χ2v) is 5.48. The Morgan fingerprint density at radius 2 is 1.79 bits per heavy atom. The summed E-state index contributed by atoms with van der Waals surface area (Å²) in [5.74, 6) is 1.37. The molecule has 1 unspecified atom stereocenters. The third kappa shape index (κ3) is 3.61. The molecule has 0 heterocycles. The third-order valence-electron chi connectivity index (χ3n) is 3.46. The van der Waals surface area contributed by atoms with Crippen LogP contribution in [0.1, 0.15) is 31.9 Å². The number of methoxy groups -OCH3 is 2. The van der Waals surface area contributed by atoms with Crippen LogP contribution in [-0.4, -0.2) is 25.4 Å². The zero-order valence-corrected chi connectivity index (χ0v) is 13.4. The quantitative estimate of drug-likeness (QED) is 0.841. The molecule has 0 bridgehead atoms. The largest absolute Gasteiger partial charge is 0.493 e. The van der Waals surface area contributed by atoms with Crippen molar-refractivity contribution in [3.8, 4) is 11.5 Å². The minimum absolute atomic E-state index is 0.134. The zero-order valence-electron chi connectivity index (χ0n) is 11.8. The Hall–Kier alpha value is -0.780. The fourth-order valence-electron chi connectivity index (χ4n) is 1.90. The average molecular weight is 332 g/mol. The van der Waals surface area contributed by atoms with E-state index in [4.69, 9.17) is 15.2 Å². The predicted molar refractivity (Wildman–Crippen MR) is 79.6 cm³/mol. The van der Waals surface area contributed by atoms with Crippen LogP contribution in [0, 0.1) is 5.92 Å². The van der Waals surface area contributed by atoms with E-state index in [2.05, 4.69) is 15.9 Å². The fraction of sp³-hybridized carbons (Fsp3) is 0.571. The maximum atomic E-state index is 10.2. The Bertz CT molecular complexity index is 425. The van der Waals surface area contributed by atoms with Gasteiger partial charge in [0.15, 0.2) is 11.5 Å². The van der Waals surface area contributed by atoms with Crippen molar-refractivity contribution >= 4 is 15.9 Å². The minimum atomic E-state index is -0.598. The lowest BCUT2D eigenvalue weighted by Gasteiger charge is -2.25. The van der Waals surface area contributed by atoms with Crippen LogP contribution in [0.3, 0.4) is 0 Å². The number of aliphatic hydroxyl groups is 1. The van der Waals surface area contributed by atoms with Crippen molar-refractivity contribution in [3.05, 3.63) is 22.2 Å². The van der Waals surface area contributed by atoms with Crippen LogP contribution >= 0.6 is 15.9 Å². The topological polar surface area (TPSA) is 64.7 Å². The molecule has 0 fully saturated rings. The minimum Gasteiger partial charge on any atom is -0.493 e. The highest BCUT2D eigenvalue weighted by Crippen LogP contribution is 2.37. The lowest BCUT2D eigenvalue weighted by atomic mass is 9.91. The Balaban J connectivity index is 3.12. The predicted octanol–water partition coefficient (Wildman–Crippen LogP) is 2.87. The van der Waals surface area contributed by atoms with Crippen LogP contribution < -0.4 is 15.2 Å². The highest BCUT2D eigenvalue weighted by molar-refractivity contribution is 9.10. The van der Waals surface area contributed by atoms with Gasteiger partial charge in [-0.15, -0.1) is 0 Å². The van der Waals surface area contributed by atoms with Crippen molar-refractivity contribution < 1.29 is 14.6 Å². The summed E-state index contributed by atoms with van der Waals surface area (Å²) in [6.45, 7) is 4.02. The monoisotopic (exact) mass is 331 g/mol. The molecule has 0 radical (unpaired) electrons. The first-order valence-electron chi connectivity index (χ1n) is 6.31. The van der Waals surface area contributed by atoms with E-state index < -0.39 is 12.1 Å². The molecule has 0 saturated carbocycles. The SMILES string of the molecule is CCC(C)[C@H](O)[C@H](N)c1cc(OC)c(OC)cc1Br. The first kappa shape index (κ1) is 16.3. The molecule has 4 nitrogen and oxygen atoms in total. The lowest BCUT2D eigenvalue weighted by Crippen LogP contribution is -2.31. The lowest BCUT2D eigenvalue weighted by molar-refractivity contribution is 0.0876. The molecular weight excluding hydrogens is 310 g/mol. The number of ether oxygens (including phenoxy) is 2. The molecule has 1 rings (SSSR count). The summed E-state index contributed by atoms with van der Waals surface area (Å²) in [7, 11) is 3.16. The van der Waals surface area contributed by atoms with Crippen molar-refractivity contribution in [1.82, 2.24) is 0 Å². The Morgan fingerprint density at radius 1 is 1.26 bits per heavy atom. The standard InChI is InChI=1S/C14H22BrNO3/c1-5-8(2)14(17)13(16)9-6-11(18-3)12(19-4)7-10(9)15/h6-8,13-14,17H,5,16H2,1-4H3/t8?,13-,14+/m1/s1. The van der Waals surface area contributed by atoms with Gasteiger partial charge in [-0.25, -0.2) is 0 Å². The first-order valence-corrected chi connectivity index (χ1v) is 7.10. The average Bonchev–Trinajstić information content (AvgIpc) is 2.44. The van der Waals surface area contributed by atoms with Crippen molar-refractivity contribution in [2.24, 2.45) is 11.7 Å². The normalized spacial score (nSPS) is 15.7. The number of rotatable bonds is 6. The van der Waals surface area contributed by atoms with Gasteiger partial charge in [0.2, 0.25) is 0 Å². The van der Waals surface area contributed by atoms with Gasteiger partial charge < -0.3 is 20.3 Å². The van der Waals surface area contributed by atoms with Crippen LogP contribution in [0.15, 0.2) is 16.6 Å². The molecule has 3 atom stereocenters. The second-order valence-electron chi connectivity index (χ2n) is 4.63. The summed E-state index contributed by atoms with van der Waals surface area (Å²) in [5.41, 5.74) is 6.97. The molecule has 0 aliphatic rings. The number of aliphatic hydroxyl groups excluding tert-OH is 1. The molecule has 0 spiro atoms. The zero-order chi connectivity index (χ0) is 14.6. The molecule has 5 heteroatoms. The molecule has 108 valence electrons. The molecule has 19 heavy (non-hydrogen) atoms.